The Morgan fingerprint density at radius 3 is 2.69 bits per heavy atom. The SMILES string of the molecule is CCOC1CC(NCC2CCCS2(=O)=O)C1. The number of nitrogens with one attached hydrogen (secondary N) is 1. The minimum Gasteiger partial charge on any atom is -0.378 e. The van der Waals surface area contributed by atoms with E-state index in [4.69, 9.17) is 4.74 Å². The molecule has 0 spiro atoms. The molecule has 16 heavy (non-hydrogen) atoms. The molecule has 1 saturated carbocycles. The lowest BCUT2D eigenvalue weighted by atomic mass is 9.89. The lowest BCUT2D eigenvalue weighted by Crippen LogP contribution is -2.48. The first-order valence-corrected chi connectivity index (χ1v) is 7.90. The minimum atomic E-state index is -2.78. The van der Waals surface area contributed by atoms with E-state index in [-0.39, 0.29) is 5.25 Å². The molecule has 0 aromatic carbocycles. The molecule has 0 bridgehead atoms. The van der Waals surface area contributed by atoms with E-state index >= 15 is 0 Å². The zero-order valence-corrected chi connectivity index (χ0v) is 10.6. The summed E-state index contributed by atoms with van der Waals surface area (Å²) in [5.41, 5.74) is 0. The summed E-state index contributed by atoms with van der Waals surface area (Å²) in [5.74, 6) is 0.381. The van der Waals surface area contributed by atoms with Gasteiger partial charge in [-0.15, -0.1) is 0 Å². The number of hydrogen-bond acceptors (Lipinski definition) is 4. The van der Waals surface area contributed by atoms with Crippen LogP contribution in [-0.4, -0.2) is 44.7 Å². The Morgan fingerprint density at radius 2 is 2.12 bits per heavy atom. The van der Waals surface area contributed by atoms with Crippen LogP contribution in [0.1, 0.15) is 32.6 Å². The van der Waals surface area contributed by atoms with Crippen LogP contribution >= 0.6 is 0 Å². The van der Waals surface area contributed by atoms with Crippen LogP contribution in [0.5, 0.6) is 0 Å². The van der Waals surface area contributed by atoms with Gasteiger partial charge in [0.05, 0.1) is 17.1 Å². The van der Waals surface area contributed by atoms with E-state index < -0.39 is 9.84 Å². The number of rotatable bonds is 5. The lowest BCUT2D eigenvalue weighted by molar-refractivity contribution is -0.00966. The molecule has 1 heterocycles. The average molecular weight is 247 g/mol. The summed E-state index contributed by atoms with van der Waals surface area (Å²) in [7, 11) is -2.78. The van der Waals surface area contributed by atoms with Crippen LogP contribution < -0.4 is 5.32 Å². The molecule has 1 N–H and O–H groups in total. The Labute approximate surface area is 97.7 Å². The van der Waals surface area contributed by atoms with E-state index in [2.05, 4.69) is 5.32 Å². The Bertz CT molecular complexity index is 322. The third-order valence-electron chi connectivity index (χ3n) is 3.59. The summed E-state index contributed by atoms with van der Waals surface area (Å²) in [4.78, 5) is 0. The number of ether oxygens (including phenoxy) is 1. The average Bonchev–Trinajstić information content (AvgIpc) is 2.49. The maximum Gasteiger partial charge on any atom is 0.154 e. The smallest absolute Gasteiger partial charge is 0.154 e. The van der Waals surface area contributed by atoms with Crippen molar-refractivity contribution in [2.24, 2.45) is 0 Å². The zero-order valence-electron chi connectivity index (χ0n) is 9.81. The molecule has 1 aliphatic heterocycles. The van der Waals surface area contributed by atoms with Gasteiger partial charge in [0.1, 0.15) is 0 Å². The first-order valence-electron chi connectivity index (χ1n) is 6.18. The third-order valence-corrected chi connectivity index (χ3v) is 5.87. The van der Waals surface area contributed by atoms with Crippen molar-refractivity contribution < 1.29 is 13.2 Å². The standard InChI is InChI=1S/C11H21NO3S/c1-2-15-10-6-9(7-10)12-8-11-4-3-5-16(11,13)14/h9-12H,2-8H2,1H3. The van der Waals surface area contributed by atoms with Crippen molar-refractivity contribution in [2.75, 3.05) is 18.9 Å². The predicted octanol–water partition coefficient (Wildman–Crippen LogP) is 0.721. The summed E-state index contributed by atoms with van der Waals surface area (Å²) in [6.07, 6.45) is 4.11. The molecule has 0 amide bonds. The van der Waals surface area contributed by atoms with Gasteiger partial charge in [0.2, 0.25) is 0 Å². The normalized spacial score (nSPS) is 37.2. The van der Waals surface area contributed by atoms with Crippen molar-refractivity contribution in [2.45, 2.75) is 50.0 Å². The van der Waals surface area contributed by atoms with Crippen LogP contribution in [0.15, 0.2) is 0 Å². The molecule has 5 heteroatoms. The van der Waals surface area contributed by atoms with Crippen molar-refractivity contribution in [3.05, 3.63) is 0 Å². The van der Waals surface area contributed by atoms with Gasteiger partial charge in [-0.3, -0.25) is 0 Å². The fourth-order valence-corrected chi connectivity index (χ4v) is 4.27. The highest BCUT2D eigenvalue weighted by Crippen LogP contribution is 2.24. The fraction of sp³-hybridized carbons (Fsp3) is 1.00. The maximum atomic E-state index is 11.6. The summed E-state index contributed by atoms with van der Waals surface area (Å²) in [6, 6.07) is 0.465. The molecule has 2 rings (SSSR count). The van der Waals surface area contributed by atoms with E-state index in [1.54, 1.807) is 0 Å². The van der Waals surface area contributed by atoms with Crippen LogP contribution in [0.4, 0.5) is 0 Å². The predicted molar refractivity (Wildman–Crippen MR) is 63.2 cm³/mol. The van der Waals surface area contributed by atoms with Crippen LogP contribution in [0.2, 0.25) is 0 Å². The van der Waals surface area contributed by atoms with E-state index in [1.807, 2.05) is 6.92 Å². The van der Waals surface area contributed by atoms with Crippen LogP contribution in [0, 0.1) is 0 Å². The molecule has 1 unspecified atom stereocenters. The lowest BCUT2D eigenvalue weighted by Gasteiger charge is -2.36. The van der Waals surface area contributed by atoms with Gasteiger partial charge in [-0.1, -0.05) is 0 Å². The molecule has 2 aliphatic rings. The number of hydrogen-bond donors (Lipinski definition) is 1. The summed E-state index contributed by atoms with van der Waals surface area (Å²) in [5, 5.41) is 3.21. The monoisotopic (exact) mass is 247 g/mol. The second kappa shape index (κ2) is 5.02. The van der Waals surface area contributed by atoms with Gasteiger partial charge in [0.15, 0.2) is 9.84 Å². The van der Waals surface area contributed by atoms with Crippen molar-refractivity contribution in [1.29, 1.82) is 0 Å². The van der Waals surface area contributed by atoms with Crippen molar-refractivity contribution in [1.82, 2.24) is 5.32 Å². The van der Waals surface area contributed by atoms with E-state index in [0.717, 1.165) is 32.3 Å². The molecule has 0 aromatic rings. The van der Waals surface area contributed by atoms with Crippen molar-refractivity contribution in [3.8, 4) is 0 Å². The van der Waals surface area contributed by atoms with Crippen LogP contribution in [-0.2, 0) is 14.6 Å². The second-order valence-corrected chi connectivity index (χ2v) is 7.19. The van der Waals surface area contributed by atoms with Gasteiger partial charge >= 0.3 is 0 Å². The molecular formula is C11H21NO3S. The molecule has 0 aromatic heterocycles. The zero-order chi connectivity index (χ0) is 11.6. The Kier molecular flexibility index (Phi) is 3.87. The highest BCUT2D eigenvalue weighted by atomic mass is 32.2. The van der Waals surface area contributed by atoms with Gasteiger partial charge in [0, 0.05) is 19.2 Å². The van der Waals surface area contributed by atoms with E-state index in [0.29, 0.717) is 24.4 Å². The molecule has 0 radical (unpaired) electrons. The quantitative estimate of drug-likeness (QED) is 0.778. The Balaban J connectivity index is 1.66. The Hall–Kier alpha value is -0.130. The second-order valence-electron chi connectivity index (χ2n) is 4.79. The van der Waals surface area contributed by atoms with Gasteiger partial charge < -0.3 is 10.1 Å². The topological polar surface area (TPSA) is 55.4 Å². The summed E-state index contributed by atoms with van der Waals surface area (Å²) < 4.78 is 28.6. The van der Waals surface area contributed by atoms with Crippen LogP contribution in [0.3, 0.4) is 0 Å². The Morgan fingerprint density at radius 1 is 1.38 bits per heavy atom. The molecule has 94 valence electrons. The summed E-state index contributed by atoms with van der Waals surface area (Å²) in [6.45, 7) is 3.41. The molecule has 4 nitrogen and oxygen atoms in total. The van der Waals surface area contributed by atoms with Crippen molar-refractivity contribution >= 4 is 9.84 Å². The van der Waals surface area contributed by atoms with Gasteiger partial charge in [0.25, 0.3) is 0 Å². The van der Waals surface area contributed by atoms with E-state index in [1.165, 1.54) is 0 Å². The van der Waals surface area contributed by atoms with Gasteiger partial charge in [-0.05, 0) is 32.6 Å². The molecular weight excluding hydrogens is 226 g/mol. The molecule has 1 atom stereocenters. The molecule has 1 aliphatic carbocycles. The third kappa shape index (κ3) is 2.76. The maximum absolute atomic E-state index is 11.6. The van der Waals surface area contributed by atoms with Crippen molar-refractivity contribution in [3.63, 3.8) is 0 Å². The highest BCUT2D eigenvalue weighted by molar-refractivity contribution is 7.92. The van der Waals surface area contributed by atoms with Gasteiger partial charge in [-0.25, -0.2) is 8.42 Å². The molecule has 2 fully saturated rings. The largest absolute Gasteiger partial charge is 0.378 e. The highest BCUT2D eigenvalue weighted by Gasteiger charge is 2.34. The van der Waals surface area contributed by atoms with E-state index in [9.17, 15) is 8.42 Å². The van der Waals surface area contributed by atoms with Crippen LogP contribution in [0.25, 0.3) is 0 Å². The first kappa shape index (κ1) is 12.3. The van der Waals surface area contributed by atoms with Gasteiger partial charge in [-0.2, -0.15) is 0 Å². The summed E-state index contributed by atoms with van der Waals surface area (Å²) >= 11 is 0. The first-order chi connectivity index (χ1) is 7.62. The number of sulfone groups is 1. The fourth-order valence-electron chi connectivity index (χ4n) is 2.49. The molecule has 1 saturated heterocycles. The minimum absolute atomic E-state index is 0.140.